The van der Waals surface area contributed by atoms with Gasteiger partial charge in [0.05, 0.1) is 24.2 Å². The third-order valence-electron chi connectivity index (χ3n) is 3.24. The molecule has 23 heavy (non-hydrogen) atoms. The van der Waals surface area contributed by atoms with Gasteiger partial charge < -0.3 is 10.2 Å². The number of benzene rings is 1. The van der Waals surface area contributed by atoms with Gasteiger partial charge in [-0.05, 0) is 17.7 Å². The van der Waals surface area contributed by atoms with E-state index in [1.165, 1.54) is 20.9 Å². The van der Waals surface area contributed by atoms with Crippen LogP contribution >= 0.6 is 34.7 Å². The molecule has 0 bridgehead atoms. The largest absolute Gasteiger partial charge is 0.351 e. The van der Waals surface area contributed by atoms with Crippen molar-refractivity contribution in [3.8, 4) is 0 Å². The minimum atomic E-state index is 0.0738. The molecular formula is C17H22ClN2OS2+. The minimum Gasteiger partial charge on any atom is -0.351 e. The molecular weight excluding hydrogens is 348 g/mol. The molecule has 0 atom stereocenters. The molecule has 6 heteroatoms. The predicted molar refractivity (Wildman–Crippen MR) is 100 cm³/mol. The molecule has 0 fully saturated rings. The number of quaternary nitrogens is 1. The summed E-state index contributed by atoms with van der Waals surface area (Å²) in [6.45, 7) is 1.55. The third kappa shape index (κ3) is 6.55. The van der Waals surface area contributed by atoms with Crippen LogP contribution in [0.15, 0.2) is 36.4 Å². The average Bonchev–Trinajstić information content (AvgIpc) is 2.91. The Labute approximate surface area is 151 Å². The summed E-state index contributed by atoms with van der Waals surface area (Å²) in [5.41, 5.74) is 2.48. The second kappa shape index (κ2) is 9.33. The summed E-state index contributed by atoms with van der Waals surface area (Å²) in [4.78, 5) is 14.6. The van der Waals surface area contributed by atoms with Crippen LogP contribution in [0.2, 0.25) is 4.34 Å². The van der Waals surface area contributed by atoms with E-state index in [0.29, 0.717) is 12.3 Å². The summed E-state index contributed by atoms with van der Waals surface area (Å²) in [5.74, 6) is 1.37. The van der Waals surface area contributed by atoms with Crippen LogP contribution in [0.5, 0.6) is 0 Å². The smallest absolute Gasteiger partial charge is 0.230 e. The molecule has 0 saturated carbocycles. The van der Waals surface area contributed by atoms with Crippen molar-refractivity contribution in [1.82, 2.24) is 5.32 Å². The van der Waals surface area contributed by atoms with Crippen LogP contribution in [0.1, 0.15) is 16.0 Å². The molecule has 0 saturated heterocycles. The Hall–Kier alpha value is -1.01. The molecule has 1 amide bonds. The molecule has 3 nitrogen and oxygen atoms in total. The van der Waals surface area contributed by atoms with E-state index >= 15 is 0 Å². The maximum atomic E-state index is 12.0. The van der Waals surface area contributed by atoms with Crippen LogP contribution in [0.25, 0.3) is 0 Å². The van der Waals surface area contributed by atoms with Crippen molar-refractivity contribution in [3.05, 3.63) is 56.7 Å². The summed E-state index contributed by atoms with van der Waals surface area (Å²) >= 11 is 9.08. The van der Waals surface area contributed by atoms with Crippen LogP contribution in [-0.4, -0.2) is 25.8 Å². The van der Waals surface area contributed by atoms with E-state index < -0.39 is 0 Å². The topological polar surface area (TPSA) is 33.5 Å². The summed E-state index contributed by atoms with van der Waals surface area (Å²) in [5, 5.41) is 3.01. The Morgan fingerprint density at radius 1 is 1.22 bits per heavy atom. The van der Waals surface area contributed by atoms with Crippen molar-refractivity contribution in [3.63, 3.8) is 0 Å². The molecule has 0 aliphatic heterocycles. The van der Waals surface area contributed by atoms with E-state index in [4.69, 9.17) is 11.6 Å². The SMILES string of the molecule is C[NH+](C)Cc1ccccc1CNC(=O)CSCc1ccc(Cl)s1. The Bertz CT molecular complexity index is 643. The van der Waals surface area contributed by atoms with Crippen LogP contribution < -0.4 is 10.2 Å². The van der Waals surface area contributed by atoms with Gasteiger partial charge in [-0.3, -0.25) is 4.79 Å². The summed E-state index contributed by atoms with van der Waals surface area (Å²) in [7, 11) is 4.26. The number of nitrogens with one attached hydrogen (secondary N) is 2. The molecule has 124 valence electrons. The highest BCUT2D eigenvalue weighted by Crippen LogP contribution is 2.24. The molecule has 1 heterocycles. The first-order valence-corrected chi connectivity index (χ1v) is 9.84. The van der Waals surface area contributed by atoms with Gasteiger partial charge in [0, 0.05) is 22.7 Å². The lowest BCUT2D eigenvalue weighted by atomic mass is 10.1. The van der Waals surface area contributed by atoms with Crippen LogP contribution in [0.4, 0.5) is 0 Å². The normalized spacial score (nSPS) is 11.0. The van der Waals surface area contributed by atoms with Gasteiger partial charge in [0.15, 0.2) is 0 Å². The number of halogens is 1. The van der Waals surface area contributed by atoms with Gasteiger partial charge in [-0.15, -0.1) is 23.1 Å². The zero-order valence-corrected chi connectivity index (χ0v) is 15.8. The van der Waals surface area contributed by atoms with E-state index in [9.17, 15) is 4.79 Å². The maximum absolute atomic E-state index is 12.0. The van der Waals surface area contributed by atoms with Gasteiger partial charge in [-0.25, -0.2) is 0 Å². The fourth-order valence-electron chi connectivity index (χ4n) is 2.20. The number of thiophene rings is 1. The standard InChI is InChI=1S/C17H21ClN2OS2/c1-20(2)10-14-6-4-3-5-13(14)9-19-17(21)12-22-11-15-7-8-16(18)23-15/h3-8H,9-12H2,1-2H3,(H,19,21)/p+1. The lowest BCUT2D eigenvalue weighted by Gasteiger charge is -2.12. The zero-order chi connectivity index (χ0) is 16.7. The Kier molecular flexibility index (Phi) is 7.43. The van der Waals surface area contributed by atoms with E-state index in [1.54, 1.807) is 23.1 Å². The quantitative estimate of drug-likeness (QED) is 0.749. The van der Waals surface area contributed by atoms with E-state index in [2.05, 4.69) is 31.5 Å². The monoisotopic (exact) mass is 369 g/mol. The van der Waals surface area contributed by atoms with Crippen molar-refractivity contribution in [2.75, 3.05) is 19.8 Å². The van der Waals surface area contributed by atoms with Gasteiger partial charge in [0.1, 0.15) is 6.54 Å². The van der Waals surface area contributed by atoms with Crippen molar-refractivity contribution >= 4 is 40.6 Å². The second-order valence-corrected chi connectivity index (χ2v) is 8.41. The minimum absolute atomic E-state index is 0.0738. The third-order valence-corrected chi connectivity index (χ3v) is 5.64. The number of amides is 1. The predicted octanol–water partition coefficient (Wildman–Crippen LogP) is 2.60. The Morgan fingerprint density at radius 2 is 1.96 bits per heavy atom. The first-order valence-electron chi connectivity index (χ1n) is 7.49. The fourth-order valence-corrected chi connectivity index (χ4v) is 4.26. The molecule has 1 aromatic carbocycles. The van der Waals surface area contributed by atoms with Crippen molar-refractivity contribution in [2.45, 2.75) is 18.8 Å². The molecule has 0 unspecified atom stereocenters. The Morgan fingerprint density at radius 3 is 2.61 bits per heavy atom. The number of carbonyl (C=O) groups is 1. The number of rotatable bonds is 8. The molecule has 2 N–H and O–H groups in total. The maximum Gasteiger partial charge on any atom is 0.230 e. The summed E-state index contributed by atoms with van der Waals surface area (Å²) < 4.78 is 0.796. The average molecular weight is 370 g/mol. The highest BCUT2D eigenvalue weighted by molar-refractivity contribution is 7.99. The molecule has 2 rings (SSSR count). The number of hydrogen-bond acceptors (Lipinski definition) is 3. The van der Waals surface area contributed by atoms with E-state index in [-0.39, 0.29) is 5.91 Å². The fraction of sp³-hybridized carbons (Fsp3) is 0.353. The molecule has 1 aromatic heterocycles. The van der Waals surface area contributed by atoms with Crippen molar-refractivity contribution < 1.29 is 9.69 Å². The van der Waals surface area contributed by atoms with Crippen molar-refractivity contribution in [2.24, 2.45) is 0 Å². The van der Waals surface area contributed by atoms with Gasteiger partial charge in [0.25, 0.3) is 0 Å². The van der Waals surface area contributed by atoms with E-state index in [0.717, 1.165) is 16.6 Å². The van der Waals surface area contributed by atoms with Crippen LogP contribution in [0, 0.1) is 0 Å². The van der Waals surface area contributed by atoms with Gasteiger partial charge in [-0.1, -0.05) is 35.9 Å². The summed E-state index contributed by atoms with van der Waals surface area (Å²) in [6, 6.07) is 12.2. The highest BCUT2D eigenvalue weighted by Gasteiger charge is 2.08. The number of hydrogen-bond donors (Lipinski definition) is 2. The van der Waals surface area contributed by atoms with Crippen LogP contribution in [0.3, 0.4) is 0 Å². The summed E-state index contributed by atoms with van der Waals surface area (Å²) in [6.07, 6.45) is 0. The van der Waals surface area contributed by atoms with E-state index in [1.807, 2.05) is 24.3 Å². The first kappa shape index (κ1) is 18.3. The molecule has 0 spiro atoms. The van der Waals surface area contributed by atoms with Crippen molar-refractivity contribution in [1.29, 1.82) is 0 Å². The first-order chi connectivity index (χ1) is 11.0. The highest BCUT2D eigenvalue weighted by atomic mass is 35.5. The molecule has 0 aliphatic carbocycles. The van der Waals surface area contributed by atoms with Gasteiger partial charge in [-0.2, -0.15) is 0 Å². The number of thioether (sulfide) groups is 1. The Balaban J connectivity index is 1.76. The second-order valence-electron chi connectivity index (χ2n) is 5.63. The molecule has 0 aliphatic rings. The molecule has 0 radical (unpaired) electrons. The number of carbonyl (C=O) groups excluding carboxylic acids is 1. The lowest BCUT2D eigenvalue weighted by molar-refractivity contribution is -0.872. The van der Waals surface area contributed by atoms with Gasteiger partial charge in [0.2, 0.25) is 5.91 Å². The van der Waals surface area contributed by atoms with Gasteiger partial charge >= 0.3 is 0 Å². The lowest BCUT2D eigenvalue weighted by Crippen LogP contribution is -3.04. The van der Waals surface area contributed by atoms with Crippen LogP contribution in [-0.2, 0) is 23.6 Å². The zero-order valence-electron chi connectivity index (χ0n) is 13.4. The molecule has 2 aromatic rings.